The van der Waals surface area contributed by atoms with E-state index in [0.717, 1.165) is 63.8 Å². The normalized spacial score (nSPS) is 18.6. The van der Waals surface area contributed by atoms with Gasteiger partial charge in [0.05, 0.1) is 105 Å². The third-order valence-corrected chi connectivity index (χ3v) is 15.5. The van der Waals surface area contributed by atoms with Gasteiger partial charge in [0.15, 0.2) is 0 Å². The Balaban J connectivity index is 0.675. The van der Waals surface area contributed by atoms with Crippen LogP contribution in [0.4, 0.5) is 10.1 Å². The average Bonchev–Trinajstić information content (AvgIpc) is 4.05. The van der Waals surface area contributed by atoms with Crippen LogP contribution in [0.15, 0.2) is 78.4 Å². The number of benzene rings is 3. The molecule has 2 aliphatic rings. The number of hydrogen-bond donors (Lipinski definition) is 4. The van der Waals surface area contributed by atoms with Gasteiger partial charge in [-0.2, -0.15) is 0 Å². The summed E-state index contributed by atoms with van der Waals surface area (Å²) in [6.07, 6.45) is 4.85. The highest BCUT2D eigenvalue weighted by molar-refractivity contribution is 7.13. The lowest BCUT2D eigenvalue weighted by molar-refractivity contribution is -0.142. The summed E-state index contributed by atoms with van der Waals surface area (Å²) in [4.78, 5) is 52.1. The van der Waals surface area contributed by atoms with Crippen molar-refractivity contribution in [3.63, 3.8) is 0 Å². The molecule has 4 N–H and O–H groups in total. The van der Waals surface area contributed by atoms with Gasteiger partial charge < -0.3 is 54.4 Å². The van der Waals surface area contributed by atoms with Gasteiger partial charge in [-0.3, -0.25) is 19.4 Å². The van der Waals surface area contributed by atoms with E-state index in [0.29, 0.717) is 102 Å². The van der Waals surface area contributed by atoms with Gasteiger partial charge in [-0.05, 0) is 103 Å². The van der Waals surface area contributed by atoms with Gasteiger partial charge in [-0.25, -0.2) is 9.37 Å². The number of carbonyl (C=O) groups is 3. The highest BCUT2D eigenvalue weighted by Gasteiger charge is 2.44. The highest BCUT2D eigenvalue weighted by atomic mass is 35.5. The molecule has 3 heterocycles. The zero-order chi connectivity index (χ0) is 54.7. The topological polar surface area (TPSA) is 192 Å². The number of aliphatic hydroxyl groups is 1. The van der Waals surface area contributed by atoms with Crippen molar-refractivity contribution in [2.45, 2.75) is 97.4 Å². The first kappa shape index (κ1) is 59.5. The molecular formula is C58H76ClFN6O10S. The maximum atomic E-state index is 14.1. The van der Waals surface area contributed by atoms with E-state index in [4.69, 9.17) is 40.0 Å². The first-order valence-corrected chi connectivity index (χ1v) is 28.1. The van der Waals surface area contributed by atoms with Crippen molar-refractivity contribution < 1.29 is 52.3 Å². The average molecular weight is 1100 g/mol. The van der Waals surface area contributed by atoms with Crippen LogP contribution in [0.25, 0.3) is 21.3 Å². The van der Waals surface area contributed by atoms with Gasteiger partial charge in [-0.1, -0.05) is 63.6 Å². The van der Waals surface area contributed by atoms with Crippen LogP contribution < -0.4 is 20.7 Å². The molecular weight excluding hydrogens is 1030 g/mol. The fourth-order valence-electron chi connectivity index (χ4n) is 9.95. The summed E-state index contributed by atoms with van der Waals surface area (Å²) >= 11 is 8.01. The Labute approximate surface area is 461 Å². The molecule has 3 amide bonds. The number of anilines is 1. The molecule has 77 heavy (non-hydrogen) atoms. The second kappa shape index (κ2) is 29.7. The molecule has 1 saturated heterocycles. The standard InChI is InChI=1S/C58H76ClFN6O10S/c1-38(41-10-12-42(13-11-41)47-18-19-61-50-17-14-44(60)32-48(47)50)55(68)65-45-15-16-49(59)52(33-45)76-31-30-75-29-28-74-27-26-73-25-24-72-23-22-71-21-20-62-54(58(3,4)5)57(70)66-36-46(67)34-51(66)56(69)63-35-40-6-8-43(9-7-40)53-39(2)64-37-77-53/h6-9,14-19,32-33,37-38,41-42,46,51,54,62,67H,10-13,20-31,34-36H2,1-5H3,(H,63,69)(H,65,68)/t38-,41?,42?,46-,51+,54-/m1/s1. The van der Waals surface area contributed by atoms with Crippen LogP contribution in [0.3, 0.4) is 0 Å². The van der Waals surface area contributed by atoms with Crippen molar-refractivity contribution in [2.24, 2.45) is 17.3 Å². The number of halogens is 2. The van der Waals surface area contributed by atoms with Crippen molar-refractivity contribution in [3.8, 4) is 16.2 Å². The van der Waals surface area contributed by atoms with E-state index in [-0.39, 0.29) is 54.9 Å². The maximum Gasteiger partial charge on any atom is 0.243 e. The number of β-amino-alcohol motifs (C(OH)–C–C–N with tert-alkyl or cyclic N) is 1. The van der Waals surface area contributed by atoms with Crippen molar-refractivity contribution in [1.82, 2.24) is 25.5 Å². The number of likely N-dealkylation sites (tertiary alicyclic amines) is 1. The first-order valence-electron chi connectivity index (χ1n) is 26.8. The van der Waals surface area contributed by atoms with Crippen LogP contribution in [0, 0.1) is 30.0 Å². The van der Waals surface area contributed by atoms with E-state index < -0.39 is 23.6 Å². The molecule has 0 unspecified atom stereocenters. The third kappa shape index (κ3) is 17.7. The zero-order valence-electron chi connectivity index (χ0n) is 45.0. The minimum atomic E-state index is -0.789. The maximum absolute atomic E-state index is 14.1. The number of fused-ring (bicyclic) bond motifs is 1. The summed E-state index contributed by atoms with van der Waals surface area (Å²) in [6.45, 7) is 14.8. The lowest BCUT2D eigenvalue weighted by Gasteiger charge is -2.35. The Hall–Kier alpha value is -5.15. The Bertz CT molecular complexity index is 2670. The Morgan fingerprint density at radius 2 is 1.48 bits per heavy atom. The number of pyridine rings is 1. The number of rotatable bonds is 29. The monoisotopic (exact) mass is 1100 g/mol. The quantitative estimate of drug-likeness (QED) is 0.0333. The van der Waals surface area contributed by atoms with Crippen molar-refractivity contribution in [2.75, 3.05) is 91.1 Å². The van der Waals surface area contributed by atoms with Crippen molar-refractivity contribution >= 4 is 57.2 Å². The van der Waals surface area contributed by atoms with Crippen LogP contribution in [0.5, 0.6) is 5.75 Å². The first-order chi connectivity index (χ1) is 37.2. The number of amides is 3. The molecule has 5 aromatic rings. The molecule has 19 heteroatoms. The van der Waals surface area contributed by atoms with Gasteiger partial charge in [0, 0.05) is 55.3 Å². The van der Waals surface area contributed by atoms with E-state index in [9.17, 15) is 23.9 Å². The summed E-state index contributed by atoms with van der Waals surface area (Å²) in [5.41, 5.74) is 6.88. The fraction of sp³-hybridized carbons (Fsp3) is 0.534. The van der Waals surface area contributed by atoms with Crippen molar-refractivity contribution in [1.29, 1.82) is 0 Å². The lowest BCUT2D eigenvalue weighted by Crippen LogP contribution is -2.57. The Kier molecular flexibility index (Phi) is 23.0. The largest absolute Gasteiger partial charge is 0.490 e. The molecule has 16 nitrogen and oxygen atoms in total. The smallest absolute Gasteiger partial charge is 0.243 e. The van der Waals surface area contributed by atoms with Crippen LogP contribution >= 0.6 is 22.9 Å². The van der Waals surface area contributed by atoms with E-state index in [1.54, 1.807) is 47.9 Å². The number of aryl methyl sites for hydroxylation is 1. The molecule has 1 aliphatic carbocycles. The van der Waals surface area contributed by atoms with E-state index in [2.05, 4.69) is 25.9 Å². The lowest BCUT2D eigenvalue weighted by atomic mass is 9.73. The Morgan fingerprint density at radius 1 is 0.831 bits per heavy atom. The second-order valence-corrected chi connectivity index (χ2v) is 22.1. The van der Waals surface area contributed by atoms with Crippen LogP contribution in [0.2, 0.25) is 5.02 Å². The van der Waals surface area contributed by atoms with E-state index in [1.807, 2.05) is 70.5 Å². The number of nitrogens with one attached hydrogen (secondary N) is 3. The third-order valence-electron chi connectivity index (χ3n) is 14.2. The second-order valence-electron chi connectivity index (χ2n) is 20.8. The number of ether oxygens (including phenoxy) is 6. The molecule has 0 radical (unpaired) electrons. The molecule has 2 aromatic heterocycles. The minimum Gasteiger partial charge on any atom is -0.490 e. The van der Waals surface area contributed by atoms with Gasteiger partial charge >= 0.3 is 0 Å². The van der Waals surface area contributed by atoms with Crippen LogP contribution in [0.1, 0.15) is 82.5 Å². The zero-order valence-corrected chi connectivity index (χ0v) is 46.6. The molecule has 0 spiro atoms. The molecule has 1 aliphatic heterocycles. The van der Waals surface area contributed by atoms with Crippen molar-refractivity contribution in [3.05, 3.63) is 106 Å². The SMILES string of the molecule is Cc1ncsc1-c1ccc(CNC(=O)[C@@H]2C[C@@H](O)CN2C(=O)[C@@H](NCCOCCOCCOCCOCCOCCOc2cc(NC(=O)[C@H](C)C3CCC(c4ccnc5ccc(F)cc45)CC3)ccc2Cl)C(C)(C)C)cc1. The van der Waals surface area contributed by atoms with E-state index in [1.165, 1.54) is 11.0 Å². The number of hydrogen-bond acceptors (Lipinski definition) is 14. The van der Waals surface area contributed by atoms with Gasteiger partial charge in [0.2, 0.25) is 17.7 Å². The predicted molar refractivity (Wildman–Crippen MR) is 297 cm³/mol. The molecule has 0 bridgehead atoms. The number of thiazole rings is 1. The van der Waals surface area contributed by atoms with Crippen LogP contribution in [-0.4, -0.2) is 142 Å². The number of carbonyl (C=O) groups excluding carboxylic acids is 3. The number of aromatic nitrogens is 2. The molecule has 1 saturated carbocycles. The Morgan fingerprint density at radius 3 is 2.12 bits per heavy atom. The van der Waals surface area contributed by atoms with Crippen LogP contribution in [-0.2, 0) is 44.6 Å². The summed E-state index contributed by atoms with van der Waals surface area (Å²) < 4.78 is 48.2. The minimum absolute atomic E-state index is 0.0513. The molecule has 2 fully saturated rings. The summed E-state index contributed by atoms with van der Waals surface area (Å²) in [6, 6.07) is 18.5. The molecule has 7 rings (SSSR count). The molecule has 418 valence electrons. The number of aliphatic hydroxyl groups excluding tert-OH is 1. The molecule has 4 atom stereocenters. The van der Waals surface area contributed by atoms with E-state index >= 15 is 0 Å². The van der Waals surface area contributed by atoms with Gasteiger partial charge in [0.25, 0.3) is 0 Å². The highest BCUT2D eigenvalue weighted by Crippen LogP contribution is 2.41. The predicted octanol–water partition coefficient (Wildman–Crippen LogP) is 8.75. The molecule has 3 aromatic carbocycles. The summed E-state index contributed by atoms with van der Waals surface area (Å²) in [5.74, 6) is -0.0274. The number of nitrogens with zero attached hydrogens (tertiary/aromatic N) is 3. The van der Waals surface area contributed by atoms with Gasteiger partial charge in [0.1, 0.15) is 24.2 Å². The summed E-state index contributed by atoms with van der Waals surface area (Å²) in [5, 5.41) is 21.2. The van der Waals surface area contributed by atoms with Gasteiger partial charge in [-0.15, -0.1) is 11.3 Å². The fourth-order valence-corrected chi connectivity index (χ4v) is 10.9. The summed E-state index contributed by atoms with van der Waals surface area (Å²) in [7, 11) is 0.